The third-order valence-electron chi connectivity index (χ3n) is 2.38. The number of benzene rings is 1. The Morgan fingerprint density at radius 2 is 2.43 bits per heavy atom. The van der Waals surface area contributed by atoms with Gasteiger partial charge in [0.1, 0.15) is 5.75 Å². The Kier molecular flexibility index (Phi) is 2.38. The molecule has 1 aromatic carbocycles. The van der Waals surface area contributed by atoms with Crippen LogP contribution in [0.3, 0.4) is 0 Å². The summed E-state index contributed by atoms with van der Waals surface area (Å²) in [5, 5.41) is 18.0. The molecule has 0 fully saturated rings. The van der Waals surface area contributed by atoms with Crippen molar-refractivity contribution in [3.8, 4) is 11.8 Å². The maximum Gasteiger partial charge on any atom is 0.122 e. The molecular weight excluding hydrogens is 178 g/mol. The van der Waals surface area contributed by atoms with Gasteiger partial charge in [0, 0.05) is 6.42 Å². The van der Waals surface area contributed by atoms with Gasteiger partial charge in [0.25, 0.3) is 0 Å². The first-order chi connectivity index (χ1) is 6.81. The maximum atomic E-state index is 9.59. The smallest absolute Gasteiger partial charge is 0.122 e. The van der Waals surface area contributed by atoms with Crippen molar-refractivity contribution in [2.75, 3.05) is 6.61 Å². The molecule has 1 aliphatic heterocycles. The van der Waals surface area contributed by atoms with Gasteiger partial charge >= 0.3 is 0 Å². The summed E-state index contributed by atoms with van der Waals surface area (Å²) in [6, 6.07) is 7.54. The molecule has 3 heteroatoms. The minimum Gasteiger partial charge on any atom is -0.493 e. The van der Waals surface area contributed by atoms with Crippen LogP contribution in [0.2, 0.25) is 0 Å². The summed E-state index contributed by atoms with van der Waals surface area (Å²) in [6.45, 7) is 0.715. The Morgan fingerprint density at radius 1 is 1.57 bits per heavy atom. The molecule has 0 saturated carbocycles. The molecule has 1 heterocycles. The Morgan fingerprint density at radius 3 is 3.21 bits per heavy atom. The van der Waals surface area contributed by atoms with E-state index in [-0.39, 0.29) is 6.42 Å². The van der Waals surface area contributed by atoms with Crippen LogP contribution in [-0.2, 0) is 6.42 Å². The average Bonchev–Trinajstić information content (AvgIpc) is 2.64. The Balaban J connectivity index is 2.25. The number of nitrogens with zero attached hydrogens (tertiary/aromatic N) is 1. The molecule has 0 aliphatic carbocycles. The van der Waals surface area contributed by atoms with Crippen LogP contribution in [-0.4, -0.2) is 11.7 Å². The van der Waals surface area contributed by atoms with Crippen LogP contribution < -0.4 is 4.74 Å². The quantitative estimate of drug-likeness (QED) is 0.768. The van der Waals surface area contributed by atoms with Crippen molar-refractivity contribution in [1.82, 2.24) is 0 Å². The minimum absolute atomic E-state index is 0.139. The predicted octanol–water partition coefficient (Wildman–Crippen LogP) is 1.57. The van der Waals surface area contributed by atoms with Crippen molar-refractivity contribution in [3.63, 3.8) is 0 Å². The van der Waals surface area contributed by atoms with Gasteiger partial charge in [0.05, 0.1) is 25.2 Å². The van der Waals surface area contributed by atoms with Crippen LogP contribution in [0.4, 0.5) is 0 Å². The van der Waals surface area contributed by atoms with Crippen LogP contribution >= 0.6 is 0 Å². The summed E-state index contributed by atoms with van der Waals surface area (Å²) in [5.41, 5.74) is 1.93. The molecule has 1 atom stereocenters. The second-order valence-corrected chi connectivity index (χ2v) is 3.34. The normalized spacial score (nSPS) is 15.4. The van der Waals surface area contributed by atoms with Crippen LogP contribution in [0.25, 0.3) is 0 Å². The van der Waals surface area contributed by atoms with E-state index in [1.807, 2.05) is 24.3 Å². The molecule has 14 heavy (non-hydrogen) atoms. The summed E-state index contributed by atoms with van der Waals surface area (Å²) in [4.78, 5) is 0. The van der Waals surface area contributed by atoms with Crippen molar-refractivity contribution >= 4 is 0 Å². The second kappa shape index (κ2) is 3.69. The molecule has 1 aromatic rings. The van der Waals surface area contributed by atoms with E-state index >= 15 is 0 Å². The standard InChI is InChI=1S/C11H11NO2/c12-5-3-10(13)8-1-2-11-9(7-8)4-6-14-11/h1-2,7,10,13H,3-4,6H2. The fourth-order valence-corrected chi connectivity index (χ4v) is 1.62. The monoisotopic (exact) mass is 189 g/mol. The highest BCUT2D eigenvalue weighted by molar-refractivity contribution is 5.40. The van der Waals surface area contributed by atoms with Gasteiger partial charge < -0.3 is 9.84 Å². The molecule has 1 unspecified atom stereocenters. The SMILES string of the molecule is N#CCC(O)c1ccc2c(c1)CCO2. The summed E-state index contributed by atoms with van der Waals surface area (Å²) in [5.74, 6) is 0.901. The lowest BCUT2D eigenvalue weighted by Crippen LogP contribution is -1.96. The lowest BCUT2D eigenvalue weighted by atomic mass is 10.0. The van der Waals surface area contributed by atoms with Gasteiger partial charge in [0.15, 0.2) is 0 Å². The fourth-order valence-electron chi connectivity index (χ4n) is 1.62. The first-order valence-electron chi connectivity index (χ1n) is 4.62. The summed E-state index contributed by atoms with van der Waals surface area (Å²) in [7, 11) is 0. The van der Waals surface area contributed by atoms with Crippen LogP contribution in [0, 0.1) is 11.3 Å². The van der Waals surface area contributed by atoms with E-state index < -0.39 is 6.10 Å². The van der Waals surface area contributed by atoms with Gasteiger partial charge in [0.2, 0.25) is 0 Å². The number of ether oxygens (including phenoxy) is 1. The maximum absolute atomic E-state index is 9.59. The zero-order valence-electron chi connectivity index (χ0n) is 7.73. The molecule has 1 aliphatic rings. The number of aliphatic hydroxyl groups excluding tert-OH is 1. The lowest BCUT2D eigenvalue weighted by molar-refractivity contribution is 0.183. The predicted molar refractivity (Wildman–Crippen MR) is 50.8 cm³/mol. The van der Waals surface area contributed by atoms with E-state index in [4.69, 9.17) is 10.00 Å². The largest absolute Gasteiger partial charge is 0.493 e. The number of rotatable bonds is 2. The molecule has 72 valence electrons. The average molecular weight is 189 g/mol. The van der Waals surface area contributed by atoms with E-state index in [1.54, 1.807) is 0 Å². The van der Waals surface area contributed by atoms with Crippen molar-refractivity contribution in [3.05, 3.63) is 29.3 Å². The molecule has 0 saturated heterocycles. The highest BCUT2D eigenvalue weighted by atomic mass is 16.5. The number of fused-ring (bicyclic) bond motifs is 1. The van der Waals surface area contributed by atoms with E-state index in [1.165, 1.54) is 0 Å². The Labute approximate surface area is 82.6 Å². The highest BCUT2D eigenvalue weighted by Gasteiger charge is 2.14. The minimum atomic E-state index is -0.675. The van der Waals surface area contributed by atoms with E-state index in [0.717, 1.165) is 23.3 Å². The van der Waals surface area contributed by atoms with E-state index in [0.29, 0.717) is 6.61 Å². The molecule has 0 aromatic heterocycles. The lowest BCUT2D eigenvalue weighted by Gasteiger charge is -2.07. The molecule has 0 spiro atoms. The van der Waals surface area contributed by atoms with Crippen molar-refractivity contribution in [2.45, 2.75) is 18.9 Å². The van der Waals surface area contributed by atoms with E-state index in [2.05, 4.69) is 0 Å². The molecular formula is C11H11NO2. The molecule has 1 N–H and O–H groups in total. The van der Waals surface area contributed by atoms with Gasteiger partial charge in [-0.05, 0) is 23.3 Å². The van der Waals surface area contributed by atoms with Crippen LogP contribution in [0.5, 0.6) is 5.75 Å². The first kappa shape index (κ1) is 9.04. The van der Waals surface area contributed by atoms with Crippen molar-refractivity contribution in [2.24, 2.45) is 0 Å². The molecule has 0 bridgehead atoms. The van der Waals surface area contributed by atoms with Crippen LogP contribution in [0.1, 0.15) is 23.7 Å². The highest BCUT2D eigenvalue weighted by Crippen LogP contribution is 2.28. The number of nitriles is 1. The topological polar surface area (TPSA) is 53.2 Å². The van der Waals surface area contributed by atoms with Gasteiger partial charge in [-0.15, -0.1) is 0 Å². The fraction of sp³-hybridized carbons (Fsp3) is 0.364. The second-order valence-electron chi connectivity index (χ2n) is 3.34. The number of hydrogen-bond donors (Lipinski definition) is 1. The van der Waals surface area contributed by atoms with Crippen molar-refractivity contribution in [1.29, 1.82) is 5.26 Å². The number of hydrogen-bond acceptors (Lipinski definition) is 3. The van der Waals surface area contributed by atoms with Gasteiger partial charge in [-0.2, -0.15) is 5.26 Å². The Bertz CT molecular complexity index is 381. The van der Waals surface area contributed by atoms with Gasteiger partial charge in [-0.1, -0.05) is 6.07 Å². The first-order valence-corrected chi connectivity index (χ1v) is 4.62. The third kappa shape index (κ3) is 1.57. The third-order valence-corrected chi connectivity index (χ3v) is 2.38. The van der Waals surface area contributed by atoms with Crippen molar-refractivity contribution < 1.29 is 9.84 Å². The molecule has 0 radical (unpaired) electrons. The zero-order chi connectivity index (χ0) is 9.97. The van der Waals surface area contributed by atoms with Gasteiger partial charge in [-0.3, -0.25) is 0 Å². The zero-order valence-corrected chi connectivity index (χ0v) is 7.73. The summed E-state index contributed by atoms with van der Waals surface area (Å²) < 4.78 is 5.35. The number of aliphatic hydroxyl groups is 1. The summed E-state index contributed by atoms with van der Waals surface area (Å²) >= 11 is 0. The Hall–Kier alpha value is -1.53. The molecule has 0 amide bonds. The molecule has 2 rings (SSSR count). The van der Waals surface area contributed by atoms with Crippen LogP contribution in [0.15, 0.2) is 18.2 Å². The summed E-state index contributed by atoms with van der Waals surface area (Å²) in [6.07, 6.45) is 0.355. The molecule has 3 nitrogen and oxygen atoms in total. The van der Waals surface area contributed by atoms with E-state index in [9.17, 15) is 5.11 Å². The van der Waals surface area contributed by atoms with Gasteiger partial charge in [-0.25, -0.2) is 0 Å².